The number of hydrogen-bond acceptors (Lipinski definition) is 5. The molecule has 5 nitrogen and oxygen atoms in total. The van der Waals surface area contributed by atoms with Gasteiger partial charge in [-0.3, -0.25) is 0 Å². The SMILES string of the molecule is CCCCCCCCc1cnc(-c2ccc(OC(=O)c3ccc(OCCCCCC)c(Br)c3)cc2)nc1. The molecule has 0 spiro atoms. The Bertz CT molecular complexity index is 1080. The third kappa shape index (κ3) is 9.92. The lowest BCUT2D eigenvalue weighted by Crippen LogP contribution is -2.09. The molecule has 0 atom stereocenters. The fraction of sp³-hybridized carbons (Fsp3) is 0.452. The molecule has 0 aliphatic rings. The molecule has 3 rings (SSSR count). The molecule has 3 aromatic rings. The summed E-state index contributed by atoms with van der Waals surface area (Å²) in [7, 11) is 0. The molecule has 2 aromatic carbocycles. The summed E-state index contributed by atoms with van der Waals surface area (Å²) in [5.41, 5.74) is 2.51. The van der Waals surface area contributed by atoms with E-state index in [1.54, 1.807) is 30.3 Å². The van der Waals surface area contributed by atoms with Crippen molar-refractivity contribution in [2.24, 2.45) is 0 Å². The topological polar surface area (TPSA) is 61.3 Å². The molecular formula is C31H39BrN2O3. The van der Waals surface area contributed by atoms with E-state index in [2.05, 4.69) is 39.7 Å². The number of unbranched alkanes of at least 4 members (excludes halogenated alkanes) is 8. The monoisotopic (exact) mass is 566 g/mol. The van der Waals surface area contributed by atoms with Gasteiger partial charge in [0.15, 0.2) is 5.82 Å². The van der Waals surface area contributed by atoms with E-state index in [0.717, 1.165) is 35.0 Å². The summed E-state index contributed by atoms with van der Waals surface area (Å²) >= 11 is 3.50. The van der Waals surface area contributed by atoms with E-state index in [0.29, 0.717) is 23.7 Å². The summed E-state index contributed by atoms with van der Waals surface area (Å²) in [5.74, 6) is 1.45. The Morgan fingerprint density at radius 1 is 0.811 bits per heavy atom. The zero-order chi connectivity index (χ0) is 26.3. The number of esters is 1. The van der Waals surface area contributed by atoms with Crippen molar-refractivity contribution in [3.63, 3.8) is 0 Å². The van der Waals surface area contributed by atoms with Crippen LogP contribution in [-0.2, 0) is 6.42 Å². The summed E-state index contributed by atoms with van der Waals surface area (Å²) in [6, 6.07) is 12.5. The highest BCUT2D eigenvalue weighted by Gasteiger charge is 2.12. The van der Waals surface area contributed by atoms with Crippen LogP contribution in [0.1, 0.15) is 94.0 Å². The molecule has 0 N–H and O–H groups in total. The maximum atomic E-state index is 12.7. The second-order valence-electron chi connectivity index (χ2n) is 9.40. The predicted molar refractivity (Wildman–Crippen MR) is 153 cm³/mol. The molecule has 0 aliphatic carbocycles. The van der Waals surface area contributed by atoms with Crippen molar-refractivity contribution in [2.45, 2.75) is 84.5 Å². The van der Waals surface area contributed by atoms with Crippen molar-refractivity contribution < 1.29 is 14.3 Å². The minimum absolute atomic E-state index is 0.418. The van der Waals surface area contributed by atoms with Crippen molar-refractivity contribution >= 4 is 21.9 Å². The Hall–Kier alpha value is -2.73. The number of carbonyl (C=O) groups excluding carboxylic acids is 1. The van der Waals surface area contributed by atoms with Crippen LogP contribution in [0, 0.1) is 0 Å². The van der Waals surface area contributed by atoms with Crippen LogP contribution < -0.4 is 9.47 Å². The average Bonchev–Trinajstić information content (AvgIpc) is 2.92. The third-order valence-corrected chi connectivity index (χ3v) is 6.89. The molecule has 198 valence electrons. The van der Waals surface area contributed by atoms with Crippen molar-refractivity contribution in [3.8, 4) is 22.9 Å². The van der Waals surface area contributed by atoms with E-state index < -0.39 is 5.97 Å². The van der Waals surface area contributed by atoms with Crippen LogP contribution in [-0.4, -0.2) is 22.5 Å². The molecule has 0 amide bonds. The first kappa shape index (κ1) is 28.8. The van der Waals surface area contributed by atoms with Gasteiger partial charge >= 0.3 is 5.97 Å². The number of aromatic nitrogens is 2. The van der Waals surface area contributed by atoms with E-state index in [-0.39, 0.29) is 0 Å². The van der Waals surface area contributed by atoms with E-state index in [1.165, 1.54) is 56.9 Å². The van der Waals surface area contributed by atoms with Crippen LogP contribution in [0.15, 0.2) is 59.3 Å². The lowest BCUT2D eigenvalue weighted by Gasteiger charge is -2.10. The minimum Gasteiger partial charge on any atom is -0.492 e. The van der Waals surface area contributed by atoms with Gasteiger partial charge in [-0.25, -0.2) is 14.8 Å². The summed E-state index contributed by atoms with van der Waals surface area (Å²) in [6.07, 6.45) is 17.1. The van der Waals surface area contributed by atoms with E-state index in [9.17, 15) is 4.79 Å². The number of nitrogens with zero attached hydrogens (tertiary/aromatic N) is 2. The van der Waals surface area contributed by atoms with Crippen LogP contribution in [0.4, 0.5) is 0 Å². The van der Waals surface area contributed by atoms with Crippen LogP contribution in [0.2, 0.25) is 0 Å². The largest absolute Gasteiger partial charge is 0.492 e. The first-order valence-corrected chi connectivity index (χ1v) is 14.5. The molecule has 0 unspecified atom stereocenters. The minimum atomic E-state index is -0.418. The summed E-state index contributed by atoms with van der Waals surface area (Å²) in [6.45, 7) is 5.10. The number of hydrogen-bond donors (Lipinski definition) is 0. The number of benzene rings is 2. The standard InChI is InChI=1S/C31H39BrN2O3/c1-3-5-7-9-10-11-13-24-22-33-30(34-23-24)25-14-17-27(18-15-25)37-31(35)26-16-19-29(28(32)21-26)36-20-12-8-6-4-2/h14-19,21-23H,3-13,20H2,1-2H3. The van der Waals surface area contributed by atoms with Crippen LogP contribution in [0.25, 0.3) is 11.4 Å². The fourth-order valence-corrected chi connectivity index (χ4v) is 4.53. The summed E-state index contributed by atoms with van der Waals surface area (Å²) in [4.78, 5) is 21.7. The maximum absolute atomic E-state index is 12.7. The first-order chi connectivity index (χ1) is 18.1. The quantitative estimate of drug-likeness (QED) is 0.0982. The Balaban J connectivity index is 1.48. The Labute approximate surface area is 230 Å². The Morgan fingerprint density at radius 3 is 2.14 bits per heavy atom. The fourth-order valence-electron chi connectivity index (χ4n) is 4.04. The van der Waals surface area contributed by atoms with Gasteiger partial charge in [0.05, 0.1) is 16.6 Å². The lowest BCUT2D eigenvalue weighted by atomic mass is 10.1. The molecule has 0 aliphatic heterocycles. The number of aryl methyl sites for hydroxylation is 1. The van der Waals surface area contributed by atoms with Crippen molar-refractivity contribution in [1.29, 1.82) is 0 Å². The number of ether oxygens (including phenoxy) is 2. The second-order valence-corrected chi connectivity index (χ2v) is 10.3. The molecular weight excluding hydrogens is 528 g/mol. The highest BCUT2D eigenvalue weighted by atomic mass is 79.9. The zero-order valence-electron chi connectivity index (χ0n) is 22.2. The average molecular weight is 568 g/mol. The molecule has 1 aromatic heterocycles. The Kier molecular flexibility index (Phi) is 12.6. The highest BCUT2D eigenvalue weighted by Crippen LogP contribution is 2.27. The van der Waals surface area contributed by atoms with E-state index in [4.69, 9.17) is 9.47 Å². The summed E-state index contributed by atoms with van der Waals surface area (Å²) < 4.78 is 12.1. The second kappa shape index (κ2) is 16.2. The van der Waals surface area contributed by atoms with Gasteiger partial charge in [0.1, 0.15) is 11.5 Å². The number of rotatable bonds is 16. The third-order valence-electron chi connectivity index (χ3n) is 6.27. The molecule has 0 fully saturated rings. The normalized spacial score (nSPS) is 10.9. The van der Waals surface area contributed by atoms with Crippen molar-refractivity contribution in [1.82, 2.24) is 9.97 Å². The van der Waals surface area contributed by atoms with Gasteiger partial charge < -0.3 is 9.47 Å². The van der Waals surface area contributed by atoms with E-state index >= 15 is 0 Å². The molecule has 37 heavy (non-hydrogen) atoms. The van der Waals surface area contributed by atoms with Gasteiger partial charge in [0.25, 0.3) is 0 Å². The van der Waals surface area contributed by atoms with Crippen molar-refractivity contribution in [3.05, 3.63) is 70.5 Å². The highest BCUT2D eigenvalue weighted by molar-refractivity contribution is 9.10. The molecule has 0 radical (unpaired) electrons. The van der Waals surface area contributed by atoms with E-state index in [1.807, 2.05) is 24.5 Å². The molecule has 0 saturated heterocycles. The zero-order valence-corrected chi connectivity index (χ0v) is 23.8. The maximum Gasteiger partial charge on any atom is 0.343 e. The van der Waals surface area contributed by atoms with Gasteiger partial charge in [-0.1, -0.05) is 65.2 Å². The Morgan fingerprint density at radius 2 is 1.46 bits per heavy atom. The van der Waals surface area contributed by atoms with Crippen LogP contribution in [0.3, 0.4) is 0 Å². The van der Waals surface area contributed by atoms with Gasteiger partial charge in [-0.05, 0) is 83.2 Å². The van der Waals surface area contributed by atoms with Crippen molar-refractivity contribution in [2.75, 3.05) is 6.61 Å². The molecule has 0 saturated carbocycles. The van der Waals surface area contributed by atoms with Gasteiger partial charge in [0, 0.05) is 18.0 Å². The first-order valence-electron chi connectivity index (χ1n) is 13.7. The van der Waals surface area contributed by atoms with Crippen LogP contribution >= 0.6 is 15.9 Å². The van der Waals surface area contributed by atoms with Gasteiger partial charge in [0.2, 0.25) is 0 Å². The van der Waals surface area contributed by atoms with Crippen LogP contribution in [0.5, 0.6) is 11.5 Å². The lowest BCUT2D eigenvalue weighted by molar-refractivity contribution is 0.0734. The number of halogens is 1. The number of carbonyl (C=O) groups is 1. The molecule has 1 heterocycles. The molecule has 0 bridgehead atoms. The predicted octanol–water partition coefficient (Wildman–Crippen LogP) is 8.99. The summed E-state index contributed by atoms with van der Waals surface area (Å²) in [5, 5.41) is 0. The smallest absolute Gasteiger partial charge is 0.343 e. The molecule has 6 heteroatoms. The van der Waals surface area contributed by atoms with Gasteiger partial charge in [-0.2, -0.15) is 0 Å². The van der Waals surface area contributed by atoms with Gasteiger partial charge in [-0.15, -0.1) is 0 Å².